The molecule has 2 rings (SSSR count). The molecule has 0 amide bonds. The highest BCUT2D eigenvalue weighted by Gasteiger charge is 2.22. The van der Waals surface area contributed by atoms with E-state index < -0.39 is 0 Å². The first-order valence-corrected chi connectivity index (χ1v) is 6.06. The van der Waals surface area contributed by atoms with Crippen LogP contribution in [0, 0.1) is 0 Å². The number of hydrogen-bond donors (Lipinski definition) is 1. The van der Waals surface area contributed by atoms with Crippen LogP contribution in [0.5, 0.6) is 0 Å². The van der Waals surface area contributed by atoms with E-state index in [0.717, 1.165) is 31.1 Å². The summed E-state index contributed by atoms with van der Waals surface area (Å²) in [5, 5.41) is 0.897. The van der Waals surface area contributed by atoms with Crippen molar-refractivity contribution in [2.24, 2.45) is 5.73 Å². The Morgan fingerprint density at radius 2 is 2.50 bits per heavy atom. The minimum absolute atomic E-state index is 0.513. The second-order valence-electron chi connectivity index (χ2n) is 3.52. The highest BCUT2D eigenvalue weighted by Crippen LogP contribution is 2.37. The van der Waals surface area contributed by atoms with Gasteiger partial charge < -0.3 is 10.5 Å². The van der Waals surface area contributed by atoms with Gasteiger partial charge in [-0.05, 0) is 25.5 Å². The molecule has 1 atom stereocenters. The summed E-state index contributed by atoms with van der Waals surface area (Å²) in [6.07, 6.45) is 2.03. The third-order valence-electron chi connectivity index (χ3n) is 2.46. The highest BCUT2D eigenvalue weighted by molar-refractivity contribution is 7.12. The molecule has 14 heavy (non-hydrogen) atoms. The number of thiophene rings is 1. The van der Waals surface area contributed by atoms with Gasteiger partial charge in [-0.25, -0.2) is 0 Å². The second kappa shape index (κ2) is 4.62. The normalized spacial score (nSPS) is 21.7. The molecule has 1 saturated heterocycles. The quantitative estimate of drug-likeness (QED) is 0.867. The fourth-order valence-corrected chi connectivity index (χ4v) is 3.37. The Kier molecular flexibility index (Phi) is 3.44. The van der Waals surface area contributed by atoms with Crippen LogP contribution in [0.25, 0.3) is 0 Å². The molecule has 0 bridgehead atoms. The van der Waals surface area contributed by atoms with Crippen molar-refractivity contribution in [2.45, 2.75) is 18.8 Å². The fraction of sp³-hybridized carbons (Fsp3) is 0.600. The molecule has 0 saturated carbocycles. The molecule has 1 aromatic heterocycles. The largest absolute Gasteiger partial charge is 0.381 e. The lowest BCUT2D eigenvalue weighted by atomic mass is 10.1. The summed E-state index contributed by atoms with van der Waals surface area (Å²) in [5.74, 6) is 0.513. The van der Waals surface area contributed by atoms with Crippen LogP contribution < -0.4 is 5.73 Å². The van der Waals surface area contributed by atoms with E-state index in [0.29, 0.717) is 12.5 Å². The summed E-state index contributed by atoms with van der Waals surface area (Å²) in [4.78, 5) is 2.58. The van der Waals surface area contributed by atoms with Gasteiger partial charge in [0.15, 0.2) is 0 Å². The Balaban J connectivity index is 2.15. The number of rotatable bonds is 3. The monoisotopic (exact) mass is 231 g/mol. The molecular formula is C10H14ClNOS. The molecule has 0 aromatic carbocycles. The van der Waals surface area contributed by atoms with E-state index >= 15 is 0 Å². The van der Waals surface area contributed by atoms with Gasteiger partial charge in [-0.15, -0.1) is 11.3 Å². The molecule has 0 spiro atoms. The minimum Gasteiger partial charge on any atom is -0.381 e. The van der Waals surface area contributed by atoms with Crippen molar-refractivity contribution in [1.29, 1.82) is 0 Å². The van der Waals surface area contributed by atoms with Crippen LogP contribution in [0.15, 0.2) is 6.07 Å². The Bertz CT molecular complexity index is 307. The van der Waals surface area contributed by atoms with Crippen molar-refractivity contribution in [3.63, 3.8) is 0 Å². The van der Waals surface area contributed by atoms with Gasteiger partial charge in [-0.1, -0.05) is 11.6 Å². The first-order chi connectivity index (χ1) is 6.81. The zero-order valence-corrected chi connectivity index (χ0v) is 9.53. The molecule has 0 radical (unpaired) electrons. The highest BCUT2D eigenvalue weighted by atomic mass is 35.5. The average molecular weight is 232 g/mol. The van der Waals surface area contributed by atoms with Crippen molar-refractivity contribution < 1.29 is 4.74 Å². The van der Waals surface area contributed by atoms with Crippen LogP contribution in [-0.4, -0.2) is 19.8 Å². The summed E-state index contributed by atoms with van der Waals surface area (Å²) < 4.78 is 5.36. The average Bonchev–Trinajstić information content (AvgIpc) is 2.74. The summed E-state index contributed by atoms with van der Waals surface area (Å²) in [5.41, 5.74) is 5.51. The number of nitrogens with two attached hydrogens (primary N) is 1. The number of halogens is 1. The van der Waals surface area contributed by atoms with Gasteiger partial charge in [0.05, 0.1) is 11.6 Å². The van der Waals surface area contributed by atoms with Gasteiger partial charge in [-0.2, -0.15) is 0 Å². The summed E-state index contributed by atoms with van der Waals surface area (Å²) in [6, 6.07) is 2.05. The van der Waals surface area contributed by atoms with Gasteiger partial charge in [0, 0.05) is 22.3 Å². The predicted octanol–water partition coefficient (Wildman–Crippen LogP) is 2.41. The molecule has 78 valence electrons. The molecule has 1 unspecified atom stereocenters. The van der Waals surface area contributed by atoms with Gasteiger partial charge in [0.25, 0.3) is 0 Å². The third-order valence-corrected chi connectivity index (χ3v) is 4.24. The van der Waals surface area contributed by atoms with E-state index in [4.69, 9.17) is 22.1 Å². The Morgan fingerprint density at radius 1 is 1.64 bits per heavy atom. The van der Waals surface area contributed by atoms with Crippen LogP contribution in [-0.2, 0) is 11.2 Å². The molecule has 2 heterocycles. The lowest BCUT2D eigenvalue weighted by molar-refractivity contribution is 0.194. The number of hydrogen-bond acceptors (Lipinski definition) is 3. The van der Waals surface area contributed by atoms with Crippen LogP contribution in [0.3, 0.4) is 0 Å². The smallest absolute Gasteiger partial charge is 0.0551 e. The van der Waals surface area contributed by atoms with E-state index in [-0.39, 0.29) is 0 Å². The predicted molar refractivity (Wildman–Crippen MR) is 60.3 cm³/mol. The van der Waals surface area contributed by atoms with Gasteiger partial charge in [-0.3, -0.25) is 0 Å². The molecule has 1 aromatic rings. The SMILES string of the molecule is NCCc1cc(Cl)c(C2CCOC2)s1. The Labute approximate surface area is 93.0 Å². The Hall–Kier alpha value is -0.0900. The molecule has 1 fully saturated rings. The van der Waals surface area contributed by atoms with Gasteiger partial charge in [0.2, 0.25) is 0 Å². The summed E-state index contributed by atoms with van der Waals surface area (Å²) in [7, 11) is 0. The van der Waals surface area contributed by atoms with Crippen LogP contribution in [0.2, 0.25) is 5.02 Å². The van der Waals surface area contributed by atoms with E-state index in [9.17, 15) is 0 Å². The first-order valence-electron chi connectivity index (χ1n) is 4.87. The summed E-state index contributed by atoms with van der Waals surface area (Å²) >= 11 is 7.96. The fourth-order valence-electron chi connectivity index (χ4n) is 1.72. The van der Waals surface area contributed by atoms with Gasteiger partial charge >= 0.3 is 0 Å². The molecule has 2 nitrogen and oxygen atoms in total. The molecule has 2 N–H and O–H groups in total. The molecule has 1 aliphatic heterocycles. The van der Waals surface area contributed by atoms with E-state index in [1.165, 1.54) is 9.75 Å². The van der Waals surface area contributed by atoms with E-state index in [1.54, 1.807) is 11.3 Å². The van der Waals surface area contributed by atoms with Crippen LogP contribution in [0.4, 0.5) is 0 Å². The van der Waals surface area contributed by atoms with Crippen LogP contribution >= 0.6 is 22.9 Å². The topological polar surface area (TPSA) is 35.2 Å². The third kappa shape index (κ3) is 2.11. The maximum absolute atomic E-state index is 6.17. The lowest BCUT2D eigenvalue weighted by Gasteiger charge is -2.03. The van der Waals surface area contributed by atoms with Crippen molar-refractivity contribution in [1.82, 2.24) is 0 Å². The molecule has 0 aliphatic carbocycles. The van der Waals surface area contributed by atoms with Crippen molar-refractivity contribution in [3.05, 3.63) is 20.8 Å². The second-order valence-corrected chi connectivity index (χ2v) is 5.10. The Morgan fingerprint density at radius 3 is 3.14 bits per heavy atom. The zero-order valence-electron chi connectivity index (χ0n) is 7.96. The maximum Gasteiger partial charge on any atom is 0.0551 e. The van der Waals surface area contributed by atoms with Gasteiger partial charge in [0.1, 0.15) is 0 Å². The summed E-state index contributed by atoms with van der Waals surface area (Å²) in [6.45, 7) is 2.38. The van der Waals surface area contributed by atoms with E-state index in [1.807, 2.05) is 6.07 Å². The first kappa shape index (κ1) is 10.4. The standard InChI is InChI=1S/C10H14ClNOS/c11-9-5-8(1-3-12)14-10(9)7-2-4-13-6-7/h5,7H,1-4,6,12H2. The number of ether oxygens (including phenoxy) is 1. The minimum atomic E-state index is 0.513. The lowest BCUT2D eigenvalue weighted by Crippen LogP contribution is -2.00. The zero-order chi connectivity index (χ0) is 9.97. The molecule has 1 aliphatic rings. The van der Waals surface area contributed by atoms with Crippen molar-refractivity contribution in [2.75, 3.05) is 19.8 Å². The molecular weight excluding hydrogens is 218 g/mol. The van der Waals surface area contributed by atoms with Crippen molar-refractivity contribution in [3.8, 4) is 0 Å². The van der Waals surface area contributed by atoms with Crippen LogP contribution in [0.1, 0.15) is 22.1 Å². The van der Waals surface area contributed by atoms with Crippen molar-refractivity contribution >= 4 is 22.9 Å². The maximum atomic E-state index is 6.17. The molecule has 4 heteroatoms. The van der Waals surface area contributed by atoms with E-state index in [2.05, 4.69) is 0 Å².